The number of rotatable bonds is 4. The third kappa shape index (κ3) is 3.60. The monoisotopic (exact) mass is 425 g/mol. The number of aromatic nitrogens is 3. The summed E-state index contributed by atoms with van der Waals surface area (Å²) < 4.78 is 55.7. The third-order valence-corrected chi connectivity index (χ3v) is 6.68. The van der Waals surface area contributed by atoms with E-state index >= 15 is 0 Å². The zero-order valence-corrected chi connectivity index (χ0v) is 16.3. The van der Waals surface area contributed by atoms with Gasteiger partial charge in [-0.25, -0.2) is 31.9 Å². The second-order valence-electron chi connectivity index (χ2n) is 8.86. The standard InChI is InChI=1S/C20H23F4N5O/c21-19(22)3-1-12(2-4-19)5-14-10-29-17(27-14)6-13(7-26-29)9-28-11-16-15(20(16,23)24)8-25-18(28)30/h6-7,10,12,15-16H,1-5,8-9,11H2,(H,25,30)/t15-,16+/m0/s1. The van der Waals surface area contributed by atoms with Gasteiger partial charge in [0.2, 0.25) is 5.92 Å². The number of hydrogen-bond donors (Lipinski definition) is 1. The summed E-state index contributed by atoms with van der Waals surface area (Å²) in [6.45, 7) is 0.191. The highest BCUT2D eigenvalue weighted by atomic mass is 19.3. The highest BCUT2D eigenvalue weighted by Gasteiger charge is 2.69. The van der Waals surface area contributed by atoms with E-state index in [1.54, 1.807) is 23.0 Å². The van der Waals surface area contributed by atoms with E-state index in [1.165, 1.54) is 4.90 Å². The van der Waals surface area contributed by atoms with Crippen LogP contribution < -0.4 is 5.32 Å². The Balaban J connectivity index is 1.27. The molecule has 0 bridgehead atoms. The molecule has 2 atom stereocenters. The number of nitrogens with zero attached hydrogens (tertiary/aromatic N) is 4. The number of nitrogens with one attached hydrogen (secondary N) is 1. The first-order chi connectivity index (χ1) is 14.2. The predicted octanol–water partition coefficient (Wildman–Crippen LogP) is 3.50. The van der Waals surface area contributed by atoms with Crippen LogP contribution in [0.4, 0.5) is 22.4 Å². The molecule has 2 aromatic rings. The molecule has 1 saturated heterocycles. The largest absolute Gasteiger partial charge is 0.337 e. The van der Waals surface area contributed by atoms with Crippen LogP contribution in [0.5, 0.6) is 0 Å². The first-order valence-electron chi connectivity index (χ1n) is 10.3. The highest BCUT2D eigenvalue weighted by molar-refractivity contribution is 5.75. The molecule has 3 aliphatic rings. The smallest absolute Gasteiger partial charge is 0.317 e. The van der Waals surface area contributed by atoms with Crippen LogP contribution in [0.1, 0.15) is 36.9 Å². The van der Waals surface area contributed by atoms with Gasteiger partial charge in [-0.1, -0.05) is 0 Å². The molecule has 30 heavy (non-hydrogen) atoms. The highest BCUT2D eigenvalue weighted by Crippen LogP contribution is 2.55. The Bertz CT molecular complexity index is 967. The minimum absolute atomic E-state index is 0.000994. The Hall–Kier alpha value is -2.39. The van der Waals surface area contributed by atoms with E-state index in [4.69, 9.17) is 0 Å². The van der Waals surface area contributed by atoms with Crippen molar-refractivity contribution < 1.29 is 22.4 Å². The maximum atomic E-state index is 13.7. The number of imidazole rings is 1. The summed E-state index contributed by atoms with van der Waals surface area (Å²) in [6, 6.07) is 1.43. The lowest BCUT2D eigenvalue weighted by Crippen LogP contribution is -2.40. The van der Waals surface area contributed by atoms with E-state index in [1.807, 2.05) is 0 Å². The van der Waals surface area contributed by atoms with Gasteiger partial charge in [0.05, 0.1) is 29.9 Å². The molecule has 0 spiro atoms. The minimum atomic E-state index is -2.71. The van der Waals surface area contributed by atoms with Crippen molar-refractivity contribution in [1.29, 1.82) is 0 Å². The second kappa shape index (κ2) is 6.81. The lowest BCUT2D eigenvalue weighted by molar-refractivity contribution is -0.0457. The second-order valence-corrected chi connectivity index (χ2v) is 8.86. The first kappa shape index (κ1) is 19.6. The van der Waals surface area contributed by atoms with Crippen LogP contribution >= 0.6 is 0 Å². The van der Waals surface area contributed by atoms with Crippen molar-refractivity contribution in [2.24, 2.45) is 17.8 Å². The Kier molecular flexibility index (Phi) is 4.44. The molecule has 2 aliphatic carbocycles. The van der Waals surface area contributed by atoms with Crippen LogP contribution in [0.3, 0.4) is 0 Å². The molecule has 10 heteroatoms. The van der Waals surface area contributed by atoms with Gasteiger partial charge in [-0.05, 0) is 36.8 Å². The number of hydrogen-bond acceptors (Lipinski definition) is 3. The molecule has 162 valence electrons. The number of alkyl halides is 4. The van der Waals surface area contributed by atoms with E-state index in [0.29, 0.717) is 30.5 Å². The fraction of sp³-hybridized carbons (Fsp3) is 0.650. The molecule has 2 saturated carbocycles. The predicted molar refractivity (Wildman–Crippen MR) is 99.3 cm³/mol. The van der Waals surface area contributed by atoms with Crippen LogP contribution in [0.15, 0.2) is 18.5 Å². The fourth-order valence-corrected chi connectivity index (χ4v) is 4.72. The summed E-state index contributed by atoms with van der Waals surface area (Å²) in [4.78, 5) is 18.2. The number of fused-ring (bicyclic) bond motifs is 2. The molecule has 3 fully saturated rings. The van der Waals surface area contributed by atoms with Gasteiger partial charge in [-0.2, -0.15) is 5.10 Å². The molecule has 0 unspecified atom stereocenters. The summed E-state index contributed by atoms with van der Waals surface area (Å²) in [7, 11) is 0. The quantitative estimate of drug-likeness (QED) is 0.763. The molecule has 2 aromatic heterocycles. The molecule has 0 radical (unpaired) electrons. The van der Waals surface area contributed by atoms with Gasteiger partial charge in [-0.15, -0.1) is 0 Å². The Morgan fingerprint density at radius 3 is 2.70 bits per heavy atom. The average molecular weight is 425 g/mol. The number of amides is 2. The Morgan fingerprint density at radius 1 is 1.17 bits per heavy atom. The number of halogens is 4. The fourth-order valence-electron chi connectivity index (χ4n) is 4.72. The van der Waals surface area contributed by atoms with Gasteiger partial charge in [0, 0.05) is 32.5 Å². The topological polar surface area (TPSA) is 62.5 Å². The molecular formula is C20H23F4N5O. The summed E-state index contributed by atoms with van der Waals surface area (Å²) in [5, 5.41) is 6.88. The van der Waals surface area contributed by atoms with Crippen LogP contribution in [0, 0.1) is 17.8 Å². The lowest BCUT2D eigenvalue weighted by atomic mass is 9.84. The summed E-state index contributed by atoms with van der Waals surface area (Å²) in [6.07, 6.45) is 4.83. The zero-order chi connectivity index (χ0) is 21.1. The van der Waals surface area contributed by atoms with Crippen molar-refractivity contribution in [3.63, 3.8) is 0 Å². The molecule has 6 nitrogen and oxygen atoms in total. The lowest BCUT2D eigenvalue weighted by Gasteiger charge is -2.27. The summed E-state index contributed by atoms with van der Waals surface area (Å²) in [5.74, 6) is -6.65. The van der Waals surface area contributed by atoms with Crippen LogP contribution in [0.2, 0.25) is 0 Å². The maximum absolute atomic E-state index is 13.7. The third-order valence-electron chi connectivity index (χ3n) is 6.68. The van der Waals surface area contributed by atoms with Gasteiger partial charge < -0.3 is 10.2 Å². The van der Waals surface area contributed by atoms with Gasteiger partial charge >= 0.3 is 6.03 Å². The van der Waals surface area contributed by atoms with E-state index < -0.39 is 23.7 Å². The van der Waals surface area contributed by atoms with Crippen LogP contribution in [-0.2, 0) is 13.0 Å². The van der Waals surface area contributed by atoms with Crippen LogP contribution in [0.25, 0.3) is 5.65 Å². The first-order valence-corrected chi connectivity index (χ1v) is 10.3. The SMILES string of the molecule is O=C1NC[C@H]2[C@@H](CN1Cc1cnn3cc(CC4CCC(F)(F)CC4)nc3c1)C2(F)F. The van der Waals surface area contributed by atoms with Crippen LogP contribution in [-0.4, -0.2) is 50.5 Å². The maximum Gasteiger partial charge on any atom is 0.317 e. The molecule has 5 rings (SSSR count). The van der Waals surface area contributed by atoms with Crippen molar-refractivity contribution in [3.05, 3.63) is 29.7 Å². The van der Waals surface area contributed by atoms with Crippen molar-refractivity contribution in [2.75, 3.05) is 13.1 Å². The molecular weight excluding hydrogens is 402 g/mol. The molecule has 1 aliphatic heterocycles. The minimum Gasteiger partial charge on any atom is -0.337 e. The van der Waals surface area contributed by atoms with E-state index in [2.05, 4.69) is 15.4 Å². The van der Waals surface area contributed by atoms with E-state index in [0.717, 1.165) is 5.69 Å². The van der Waals surface area contributed by atoms with Gasteiger partial charge in [0.25, 0.3) is 5.92 Å². The number of urea groups is 1. The molecule has 0 aromatic carbocycles. The molecule has 3 heterocycles. The van der Waals surface area contributed by atoms with Gasteiger partial charge in [-0.3, -0.25) is 0 Å². The number of carbonyl (C=O) groups excluding carboxylic acids is 1. The molecule has 1 N–H and O–H groups in total. The summed E-state index contributed by atoms with van der Waals surface area (Å²) in [5.41, 5.74) is 2.09. The Morgan fingerprint density at radius 2 is 1.93 bits per heavy atom. The van der Waals surface area contributed by atoms with E-state index in [9.17, 15) is 22.4 Å². The summed E-state index contributed by atoms with van der Waals surface area (Å²) >= 11 is 0. The van der Waals surface area contributed by atoms with Gasteiger partial charge in [0.1, 0.15) is 0 Å². The van der Waals surface area contributed by atoms with E-state index in [-0.39, 0.29) is 44.4 Å². The van der Waals surface area contributed by atoms with Gasteiger partial charge in [0.15, 0.2) is 5.65 Å². The van der Waals surface area contributed by atoms with Crippen molar-refractivity contribution in [3.8, 4) is 0 Å². The number of carbonyl (C=O) groups is 1. The van der Waals surface area contributed by atoms with Crippen molar-refractivity contribution >= 4 is 11.7 Å². The van der Waals surface area contributed by atoms with Crippen molar-refractivity contribution in [1.82, 2.24) is 24.8 Å². The zero-order valence-electron chi connectivity index (χ0n) is 16.3. The van der Waals surface area contributed by atoms with Crippen molar-refractivity contribution in [2.45, 2.75) is 50.5 Å². The normalized spacial score (nSPS) is 28.1. The Labute approximate surface area is 170 Å². The molecule has 2 amide bonds. The average Bonchev–Trinajstić information content (AvgIpc) is 3.04.